The first kappa shape index (κ1) is 18.3. The first-order chi connectivity index (χ1) is 7.62. The van der Waals surface area contributed by atoms with E-state index in [4.69, 9.17) is 7.74 Å². The van der Waals surface area contributed by atoms with Crippen molar-refractivity contribution >= 4 is 36.9 Å². The molecule has 10 heteroatoms. The van der Waals surface area contributed by atoms with Crippen LogP contribution in [0, 0.1) is 0 Å². The summed E-state index contributed by atoms with van der Waals surface area (Å²) in [6.45, 7) is 10.3. The molecule has 0 aliphatic carbocycles. The van der Waals surface area contributed by atoms with Crippen LogP contribution < -0.4 is 0 Å². The Labute approximate surface area is 112 Å². The molecule has 0 bridgehead atoms. The molecule has 0 heterocycles. The van der Waals surface area contributed by atoms with Gasteiger partial charge in [-0.15, -0.1) is 0 Å². The summed E-state index contributed by atoms with van der Waals surface area (Å²) in [6, 6.07) is 0. The van der Waals surface area contributed by atoms with Crippen molar-refractivity contribution in [1.82, 2.24) is 0 Å². The second-order valence-electron chi connectivity index (χ2n) is 5.92. The summed E-state index contributed by atoms with van der Waals surface area (Å²) in [5.41, 5.74) is 0. The highest BCUT2D eigenvalue weighted by molar-refractivity contribution is 7.91. The molecule has 0 saturated heterocycles. The summed E-state index contributed by atoms with van der Waals surface area (Å²) in [4.78, 5) is 0. The lowest BCUT2D eigenvalue weighted by atomic mass is 11.0. The van der Waals surface area contributed by atoms with Crippen molar-refractivity contribution in [3.05, 3.63) is 0 Å². The van der Waals surface area contributed by atoms with Gasteiger partial charge >= 0.3 is 0 Å². The quantitative estimate of drug-likeness (QED) is 0.653. The summed E-state index contributed by atoms with van der Waals surface area (Å²) in [7, 11) is -12.1. The maximum absolute atomic E-state index is 11.6. The van der Waals surface area contributed by atoms with Gasteiger partial charge in [-0.1, -0.05) is 0 Å². The molecular weight excluding hydrogens is 312 g/mol. The third kappa shape index (κ3) is 10.2. The average molecular weight is 335 g/mol. The largest absolute Gasteiger partial charge is 0.315 e. The van der Waals surface area contributed by atoms with E-state index in [1.54, 1.807) is 39.3 Å². The Hall–Kier alpha value is 0.254. The van der Waals surface area contributed by atoms with E-state index in [0.29, 0.717) is 0 Å². The lowest BCUT2D eigenvalue weighted by molar-refractivity contribution is 0.474. The van der Waals surface area contributed by atoms with Crippen LogP contribution in [0.1, 0.15) is 0 Å². The number of hydrogen-bond acceptors (Lipinski definition) is 6. The molecule has 110 valence electrons. The zero-order chi connectivity index (χ0) is 14.8. The fourth-order valence-corrected chi connectivity index (χ4v) is 9.44. The van der Waals surface area contributed by atoms with Crippen LogP contribution in [0.4, 0.5) is 0 Å². The zero-order valence-electron chi connectivity index (χ0n) is 11.7. The van der Waals surface area contributed by atoms with Gasteiger partial charge in [0.2, 0.25) is 16.6 Å². The smallest absolute Gasteiger partial charge is 0.258 e. The molecule has 0 amide bonds. The Kier molecular flexibility index (Phi) is 5.79. The van der Waals surface area contributed by atoms with Crippen LogP contribution in [-0.2, 0) is 28.0 Å². The van der Waals surface area contributed by atoms with Crippen LogP contribution in [-0.4, -0.2) is 45.0 Å². The van der Waals surface area contributed by atoms with Crippen molar-refractivity contribution in [2.45, 2.75) is 39.3 Å². The van der Waals surface area contributed by atoms with Gasteiger partial charge < -0.3 is 7.74 Å². The summed E-state index contributed by atoms with van der Waals surface area (Å²) in [6.07, 6.45) is 0. The van der Waals surface area contributed by atoms with Crippen molar-refractivity contribution in [3.8, 4) is 0 Å². The van der Waals surface area contributed by atoms with E-state index in [1.165, 1.54) is 0 Å². The van der Waals surface area contributed by atoms with Gasteiger partial charge in [0.1, 0.15) is 0 Å². The Morgan fingerprint density at radius 1 is 0.667 bits per heavy atom. The van der Waals surface area contributed by atoms with Crippen LogP contribution >= 0.6 is 0 Å². The van der Waals surface area contributed by atoms with Crippen LogP contribution in [0.15, 0.2) is 0 Å². The lowest BCUT2D eigenvalue weighted by Gasteiger charge is -2.18. The summed E-state index contributed by atoms with van der Waals surface area (Å²) < 4.78 is 56.2. The maximum atomic E-state index is 11.6. The topological polar surface area (TPSA) is 86.7 Å². The molecule has 0 unspecified atom stereocenters. The fraction of sp³-hybridized carbons (Fsp3) is 1.00. The Morgan fingerprint density at radius 2 is 0.889 bits per heavy atom. The minimum absolute atomic E-state index is 0.565. The molecule has 0 aromatic rings. The van der Waals surface area contributed by atoms with E-state index >= 15 is 0 Å². The highest BCUT2D eigenvalue weighted by Gasteiger charge is 2.29. The van der Waals surface area contributed by atoms with E-state index < -0.39 is 48.4 Å². The van der Waals surface area contributed by atoms with E-state index in [9.17, 15) is 16.8 Å². The van der Waals surface area contributed by atoms with Gasteiger partial charge in [-0.3, -0.25) is 0 Å². The molecule has 0 atom stereocenters. The van der Waals surface area contributed by atoms with E-state index in [1.807, 2.05) is 0 Å². The summed E-state index contributed by atoms with van der Waals surface area (Å²) in [5.74, 6) is -1.13. The van der Waals surface area contributed by atoms with E-state index in [2.05, 4.69) is 0 Å². The van der Waals surface area contributed by atoms with Crippen molar-refractivity contribution in [2.75, 3.05) is 11.5 Å². The number of hydrogen-bond donors (Lipinski definition) is 0. The first-order valence-corrected chi connectivity index (χ1v) is 15.5. The van der Waals surface area contributed by atoms with E-state index in [-0.39, 0.29) is 0 Å². The standard InChI is InChI=1S/C8H22O6S2Si2/c1-17(2,3)13-15(9,10)7-8-16(11,12)14-18(4,5)6/h7-8H2,1-6H3. The summed E-state index contributed by atoms with van der Waals surface area (Å²) >= 11 is 0. The van der Waals surface area contributed by atoms with Gasteiger partial charge in [-0.25, -0.2) is 16.8 Å². The minimum Gasteiger partial charge on any atom is -0.315 e. The lowest BCUT2D eigenvalue weighted by Crippen LogP contribution is -2.35. The fourth-order valence-electron chi connectivity index (χ4n) is 1.05. The molecule has 0 aromatic heterocycles. The number of rotatable bonds is 7. The summed E-state index contributed by atoms with van der Waals surface area (Å²) in [5, 5.41) is 0. The van der Waals surface area contributed by atoms with Crippen molar-refractivity contribution in [3.63, 3.8) is 0 Å². The molecule has 0 aliphatic rings. The molecular formula is C8H22O6S2Si2. The maximum Gasteiger partial charge on any atom is 0.258 e. The molecule has 0 radical (unpaired) electrons. The molecule has 0 N–H and O–H groups in total. The van der Waals surface area contributed by atoms with Gasteiger partial charge in [-0.05, 0) is 39.3 Å². The van der Waals surface area contributed by atoms with E-state index in [0.717, 1.165) is 0 Å². The van der Waals surface area contributed by atoms with Gasteiger partial charge in [0, 0.05) is 0 Å². The van der Waals surface area contributed by atoms with Gasteiger partial charge in [-0.2, -0.15) is 0 Å². The Balaban J connectivity index is 4.60. The minimum atomic E-state index is -3.81. The van der Waals surface area contributed by atoms with Crippen LogP contribution in [0.3, 0.4) is 0 Å². The Morgan fingerprint density at radius 3 is 1.06 bits per heavy atom. The average Bonchev–Trinajstić information content (AvgIpc) is 1.91. The molecule has 6 nitrogen and oxygen atoms in total. The zero-order valence-corrected chi connectivity index (χ0v) is 15.3. The molecule has 0 fully saturated rings. The molecule has 0 aromatic carbocycles. The highest BCUT2D eigenvalue weighted by atomic mass is 32.2. The predicted octanol–water partition coefficient (Wildman–Crippen LogP) is 1.35. The second-order valence-corrected chi connectivity index (χ2v) is 18.7. The van der Waals surface area contributed by atoms with Gasteiger partial charge in [0.25, 0.3) is 20.2 Å². The molecule has 18 heavy (non-hydrogen) atoms. The van der Waals surface area contributed by atoms with Crippen molar-refractivity contribution < 1.29 is 24.6 Å². The highest BCUT2D eigenvalue weighted by Crippen LogP contribution is 2.12. The third-order valence-corrected chi connectivity index (χ3v) is 9.04. The van der Waals surface area contributed by atoms with Gasteiger partial charge in [0.05, 0.1) is 11.5 Å². The van der Waals surface area contributed by atoms with Crippen molar-refractivity contribution in [2.24, 2.45) is 0 Å². The molecule has 0 rings (SSSR count). The molecule has 0 spiro atoms. The Bertz CT molecular complexity index is 423. The SMILES string of the molecule is C[Si](C)(C)OS(=O)(=O)CCS(=O)(=O)O[Si](C)(C)C. The predicted molar refractivity (Wildman–Crippen MR) is 76.4 cm³/mol. The van der Waals surface area contributed by atoms with Crippen LogP contribution in [0.2, 0.25) is 39.3 Å². The normalized spacial score (nSPS) is 14.8. The van der Waals surface area contributed by atoms with Crippen LogP contribution in [0.5, 0.6) is 0 Å². The molecule has 0 aliphatic heterocycles. The van der Waals surface area contributed by atoms with Crippen molar-refractivity contribution in [1.29, 1.82) is 0 Å². The van der Waals surface area contributed by atoms with Crippen LogP contribution in [0.25, 0.3) is 0 Å². The third-order valence-electron chi connectivity index (χ3n) is 1.34. The first-order valence-electron chi connectivity index (χ1n) is 5.49. The molecule has 0 saturated carbocycles. The van der Waals surface area contributed by atoms with Gasteiger partial charge in [0.15, 0.2) is 0 Å². The second kappa shape index (κ2) is 5.71. The monoisotopic (exact) mass is 334 g/mol.